The summed E-state index contributed by atoms with van der Waals surface area (Å²) in [6, 6.07) is 3.86. The smallest absolute Gasteiger partial charge is 0.306 e. The third-order valence-corrected chi connectivity index (χ3v) is 5.35. The standard InChI is InChI=1S/C18H22N2O6/c1-25-16-9-14(20(23)24)4-5-15(16)19-17(21)10-26-18(22)8-13-7-11-2-3-12(13)6-11/h4-5,9,11-13H,2-3,6-8,10H2,1H3,(H,19,21)/t11-,12+,13-/m0/s1. The number of rotatable bonds is 7. The second kappa shape index (κ2) is 7.72. The molecule has 1 aromatic rings. The lowest BCUT2D eigenvalue weighted by Crippen LogP contribution is -2.23. The van der Waals surface area contributed by atoms with Gasteiger partial charge in [-0.25, -0.2) is 0 Å². The van der Waals surface area contributed by atoms with Gasteiger partial charge in [-0.2, -0.15) is 0 Å². The van der Waals surface area contributed by atoms with Crippen LogP contribution in [0.1, 0.15) is 32.1 Å². The zero-order valence-corrected chi connectivity index (χ0v) is 14.6. The van der Waals surface area contributed by atoms with Crippen LogP contribution in [0.4, 0.5) is 11.4 Å². The summed E-state index contributed by atoms with van der Waals surface area (Å²) in [4.78, 5) is 34.2. The molecule has 8 nitrogen and oxygen atoms in total. The van der Waals surface area contributed by atoms with E-state index in [1.54, 1.807) is 0 Å². The number of esters is 1. The molecule has 1 amide bonds. The van der Waals surface area contributed by atoms with Crippen LogP contribution in [-0.4, -0.2) is 30.5 Å². The number of amides is 1. The minimum absolute atomic E-state index is 0.142. The first-order chi connectivity index (χ1) is 12.5. The van der Waals surface area contributed by atoms with E-state index in [1.807, 2.05) is 0 Å². The van der Waals surface area contributed by atoms with Crippen LogP contribution < -0.4 is 10.1 Å². The molecule has 1 aromatic carbocycles. The third kappa shape index (κ3) is 4.12. The highest BCUT2D eigenvalue weighted by atomic mass is 16.6. The molecule has 140 valence electrons. The molecule has 0 radical (unpaired) electrons. The molecule has 2 fully saturated rings. The van der Waals surface area contributed by atoms with Gasteiger partial charge in [0.2, 0.25) is 0 Å². The van der Waals surface area contributed by atoms with Gasteiger partial charge >= 0.3 is 5.97 Å². The van der Waals surface area contributed by atoms with E-state index in [-0.39, 0.29) is 29.7 Å². The van der Waals surface area contributed by atoms with Crippen molar-refractivity contribution in [2.75, 3.05) is 19.0 Å². The zero-order valence-electron chi connectivity index (χ0n) is 14.6. The SMILES string of the molecule is COc1cc([N+](=O)[O-])ccc1NC(=O)COC(=O)C[C@@H]1C[C@H]2CC[C@@H]1C2. The number of methoxy groups -OCH3 is 1. The maximum atomic E-state index is 12.0. The summed E-state index contributed by atoms with van der Waals surface area (Å²) < 4.78 is 10.1. The summed E-state index contributed by atoms with van der Waals surface area (Å²) in [7, 11) is 1.35. The van der Waals surface area contributed by atoms with Crippen LogP contribution in [0.5, 0.6) is 5.75 Å². The first-order valence-corrected chi connectivity index (χ1v) is 8.74. The highest BCUT2D eigenvalue weighted by Gasteiger charge is 2.40. The average Bonchev–Trinajstić information content (AvgIpc) is 3.23. The summed E-state index contributed by atoms with van der Waals surface area (Å²) in [5, 5.41) is 13.3. The lowest BCUT2D eigenvalue weighted by molar-refractivity contribution is -0.384. The molecule has 1 N–H and O–H groups in total. The molecule has 26 heavy (non-hydrogen) atoms. The highest BCUT2D eigenvalue weighted by Crippen LogP contribution is 2.49. The third-order valence-electron chi connectivity index (χ3n) is 5.35. The number of ether oxygens (including phenoxy) is 2. The van der Waals surface area contributed by atoms with Gasteiger partial charge in [0, 0.05) is 12.5 Å². The lowest BCUT2D eigenvalue weighted by Gasteiger charge is -2.20. The second-order valence-corrected chi connectivity index (χ2v) is 6.99. The maximum Gasteiger partial charge on any atom is 0.306 e. The summed E-state index contributed by atoms with van der Waals surface area (Å²) in [6.07, 6.45) is 5.15. The largest absolute Gasteiger partial charge is 0.494 e. The van der Waals surface area contributed by atoms with Crippen molar-refractivity contribution in [2.45, 2.75) is 32.1 Å². The number of fused-ring (bicyclic) bond motifs is 2. The van der Waals surface area contributed by atoms with Crippen molar-refractivity contribution in [1.29, 1.82) is 0 Å². The number of benzene rings is 1. The number of non-ortho nitro benzene ring substituents is 1. The topological polar surface area (TPSA) is 108 Å². The molecular weight excluding hydrogens is 340 g/mol. The predicted octanol–water partition coefficient (Wildman–Crippen LogP) is 2.91. The quantitative estimate of drug-likeness (QED) is 0.454. The van der Waals surface area contributed by atoms with Crippen LogP contribution in [-0.2, 0) is 14.3 Å². The van der Waals surface area contributed by atoms with Crippen molar-refractivity contribution >= 4 is 23.3 Å². The van der Waals surface area contributed by atoms with Gasteiger partial charge in [-0.15, -0.1) is 0 Å². The Morgan fingerprint density at radius 3 is 2.73 bits per heavy atom. The Morgan fingerprint density at radius 2 is 2.12 bits per heavy atom. The van der Waals surface area contributed by atoms with E-state index in [0.29, 0.717) is 18.3 Å². The van der Waals surface area contributed by atoms with Crippen LogP contribution in [0.3, 0.4) is 0 Å². The number of carbonyl (C=O) groups is 2. The molecular formula is C18H22N2O6. The fourth-order valence-electron chi connectivity index (χ4n) is 4.13. The Hall–Kier alpha value is -2.64. The molecule has 3 rings (SSSR count). The normalized spacial score (nSPS) is 23.5. The Balaban J connectivity index is 1.48. The number of nitrogens with zero attached hydrogens (tertiary/aromatic N) is 1. The van der Waals surface area contributed by atoms with Crippen LogP contribution in [0.2, 0.25) is 0 Å². The number of carbonyl (C=O) groups excluding carboxylic acids is 2. The van der Waals surface area contributed by atoms with Crippen LogP contribution in [0.25, 0.3) is 0 Å². The van der Waals surface area contributed by atoms with Crippen LogP contribution >= 0.6 is 0 Å². The number of nitro benzene ring substituents is 1. The fourth-order valence-corrected chi connectivity index (χ4v) is 4.13. The Morgan fingerprint density at radius 1 is 1.31 bits per heavy atom. The zero-order chi connectivity index (χ0) is 18.7. The first kappa shape index (κ1) is 18.2. The molecule has 2 bridgehead atoms. The van der Waals surface area contributed by atoms with Crippen molar-refractivity contribution in [3.05, 3.63) is 28.3 Å². The lowest BCUT2D eigenvalue weighted by atomic mass is 9.86. The number of hydrogen-bond acceptors (Lipinski definition) is 6. The Bertz CT molecular complexity index is 720. The molecule has 0 heterocycles. The monoisotopic (exact) mass is 362 g/mol. The molecule has 0 aromatic heterocycles. The summed E-state index contributed by atoms with van der Waals surface area (Å²) in [5.74, 6) is 1.08. The molecule has 3 atom stereocenters. The predicted molar refractivity (Wildman–Crippen MR) is 92.8 cm³/mol. The van der Waals surface area contributed by atoms with Gasteiger partial charge in [-0.05, 0) is 43.1 Å². The molecule has 2 aliphatic carbocycles. The number of nitrogens with one attached hydrogen (secondary N) is 1. The van der Waals surface area contributed by atoms with E-state index < -0.39 is 10.8 Å². The van der Waals surface area contributed by atoms with Crippen LogP contribution in [0, 0.1) is 27.9 Å². The molecule has 2 saturated carbocycles. The molecule has 2 aliphatic rings. The highest BCUT2D eigenvalue weighted by molar-refractivity contribution is 5.94. The maximum absolute atomic E-state index is 12.0. The van der Waals surface area contributed by atoms with E-state index in [2.05, 4.69) is 5.32 Å². The van der Waals surface area contributed by atoms with Crippen molar-refractivity contribution in [3.8, 4) is 5.75 Å². The van der Waals surface area contributed by atoms with Gasteiger partial charge in [-0.1, -0.05) is 6.42 Å². The summed E-state index contributed by atoms with van der Waals surface area (Å²) in [6.45, 7) is -0.389. The van der Waals surface area contributed by atoms with Gasteiger partial charge in [0.25, 0.3) is 11.6 Å². The Labute approximate surface area is 151 Å². The van der Waals surface area contributed by atoms with E-state index in [4.69, 9.17) is 9.47 Å². The van der Waals surface area contributed by atoms with Gasteiger partial charge in [0.1, 0.15) is 5.75 Å². The minimum Gasteiger partial charge on any atom is -0.494 e. The summed E-state index contributed by atoms with van der Waals surface area (Å²) >= 11 is 0. The minimum atomic E-state index is -0.550. The number of anilines is 1. The van der Waals surface area contributed by atoms with Gasteiger partial charge in [0.05, 0.1) is 23.8 Å². The molecule has 0 spiro atoms. The summed E-state index contributed by atoms with van der Waals surface area (Å²) in [5.41, 5.74) is 0.143. The van der Waals surface area contributed by atoms with Crippen molar-refractivity contribution < 1.29 is 24.0 Å². The second-order valence-electron chi connectivity index (χ2n) is 6.99. The van der Waals surface area contributed by atoms with Gasteiger partial charge < -0.3 is 14.8 Å². The first-order valence-electron chi connectivity index (χ1n) is 8.74. The molecule has 0 aliphatic heterocycles. The van der Waals surface area contributed by atoms with Gasteiger partial charge in [-0.3, -0.25) is 19.7 Å². The van der Waals surface area contributed by atoms with E-state index >= 15 is 0 Å². The number of hydrogen-bond donors (Lipinski definition) is 1. The fraction of sp³-hybridized carbons (Fsp3) is 0.556. The van der Waals surface area contributed by atoms with Gasteiger partial charge in [0.15, 0.2) is 6.61 Å². The van der Waals surface area contributed by atoms with E-state index in [1.165, 1.54) is 44.6 Å². The average molecular weight is 362 g/mol. The van der Waals surface area contributed by atoms with Crippen LogP contribution in [0.15, 0.2) is 18.2 Å². The van der Waals surface area contributed by atoms with E-state index in [9.17, 15) is 19.7 Å². The van der Waals surface area contributed by atoms with Crippen molar-refractivity contribution in [3.63, 3.8) is 0 Å². The van der Waals surface area contributed by atoms with Crippen molar-refractivity contribution in [1.82, 2.24) is 0 Å². The number of nitro groups is 1. The molecule has 8 heteroatoms. The Kier molecular flexibility index (Phi) is 5.39. The molecule has 0 saturated heterocycles. The van der Waals surface area contributed by atoms with E-state index in [0.717, 1.165) is 12.3 Å². The van der Waals surface area contributed by atoms with Crippen molar-refractivity contribution in [2.24, 2.45) is 17.8 Å². The molecule has 0 unspecified atom stereocenters.